The van der Waals surface area contributed by atoms with E-state index in [0.29, 0.717) is 11.3 Å². The number of carbonyl (C=O) groups excluding carboxylic acids is 1. The second kappa shape index (κ2) is 5.76. The average molecular weight is 275 g/mol. The van der Waals surface area contributed by atoms with Crippen LogP contribution in [0.3, 0.4) is 0 Å². The van der Waals surface area contributed by atoms with E-state index in [1.165, 1.54) is 6.42 Å². The number of rotatable bonds is 1. The van der Waals surface area contributed by atoms with E-state index in [-0.39, 0.29) is 18.3 Å². The van der Waals surface area contributed by atoms with E-state index in [0.717, 1.165) is 58.7 Å². The van der Waals surface area contributed by atoms with Gasteiger partial charge in [-0.25, -0.2) is 0 Å². The second-order valence-corrected chi connectivity index (χ2v) is 5.81. The monoisotopic (exact) mass is 274 g/mol. The Bertz CT molecular complexity index is 299. The number of halogens is 1. The predicted octanol–water partition coefficient (Wildman–Crippen LogP) is 1.05. The first-order valence-corrected chi connectivity index (χ1v) is 6.86. The van der Waals surface area contributed by atoms with Crippen LogP contribution in [0.4, 0.5) is 0 Å². The molecule has 1 N–H and O–H groups in total. The fraction of sp³-hybridized carbons (Fsp3) is 0.923. The largest absolute Gasteiger partial charge is 0.381 e. The maximum Gasteiger partial charge on any atom is 0.227 e. The van der Waals surface area contributed by atoms with Gasteiger partial charge in [0.25, 0.3) is 0 Å². The number of likely N-dealkylation sites (tertiary alicyclic amines) is 1. The quantitative estimate of drug-likeness (QED) is 0.777. The molecule has 1 unspecified atom stereocenters. The summed E-state index contributed by atoms with van der Waals surface area (Å²) in [5.74, 6) is 0.628. The van der Waals surface area contributed by atoms with Crippen LogP contribution in [-0.4, -0.2) is 50.2 Å². The maximum atomic E-state index is 12.3. The van der Waals surface area contributed by atoms with E-state index in [4.69, 9.17) is 4.74 Å². The number of nitrogens with one attached hydrogen (secondary N) is 1. The Balaban J connectivity index is 0.00000120. The minimum absolute atomic E-state index is 0. The normalized spacial score (nSPS) is 30.4. The number of ether oxygens (including phenoxy) is 1. The molecule has 5 heteroatoms. The van der Waals surface area contributed by atoms with Gasteiger partial charge in [-0.15, -0.1) is 12.4 Å². The molecule has 0 bridgehead atoms. The fourth-order valence-corrected chi connectivity index (χ4v) is 3.46. The summed E-state index contributed by atoms with van der Waals surface area (Å²) in [7, 11) is 0. The third-order valence-electron chi connectivity index (χ3n) is 4.71. The molecule has 3 saturated heterocycles. The summed E-state index contributed by atoms with van der Waals surface area (Å²) < 4.78 is 5.44. The molecule has 3 fully saturated rings. The molecule has 3 aliphatic heterocycles. The van der Waals surface area contributed by atoms with Gasteiger partial charge < -0.3 is 15.0 Å². The zero-order valence-corrected chi connectivity index (χ0v) is 11.6. The molecule has 0 aromatic carbocycles. The van der Waals surface area contributed by atoms with E-state index >= 15 is 0 Å². The van der Waals surface area contributed by atoms with Gasteiger partial charge in [0.2, 0.25) is 5.91 Å². The van der Waals surface area contributed by atoms with Crippen LogP contribution in [0.2, 0.25) is 0 Å². The topological polar surface area (TPSA) is 41.6 Å². The molecule has 1 spiro atoms. The predicted molar refractivity (Wildman–Crippen MR) is 71.9 cm³/mol. The molecule has 18 heavy (non-hydrogen) atoms. The van der Waals surface area contributed by atoms with Crippen LogP contribution in [0.5, 0.6) is 0 Å². The number of carbonyl (C=O) groups is 1. The Kier molecular flexibility index (Phi) is 4.51. The van der Waals surface area contributed by atoms with Crippen LogP contribution >= 0.6 is 12.4 Å². The first-order valence-electron chi connectivity index (χ1n) is 6.86. The molecule has 3 heterocycles. The summed E-state index contributed by atoms with van der Waals surface area (Å²) >= 11 is 0. The molecule has 3 rings (SSSR count). The van der Waals surface area contributed by atoms with Gasteiger partial charge in [0.15, 0.2) is 0 Å². The van der Waals surface area contributed by atoms with Crippen molar-refractivity contribution in [2.24, 2.45) is 11.3 Å². The van der Waals surface area contributed by atoms with Gasteiger partial charge in [-0.2, -0.15) is 0 Å². The van der Waals surface area contributed by atoms with E-state index < -0.39 is 0 Å². The van der Waals surface area contributed by atoms with Gasteiger partial charge >= 0.3 is 0 Å². The molecule has 1 amide bonds. The van der Waals surface area contributed by atoms with Gasteiger partial charge in [0.1, 0.15) is 0 Å². The van der Waals surface area contributed by atoms with E-state index in [1.807, 2.05) is 0 Å². The SMILES string of the molecule is Cl.O=C(C1CCNC1)N1CCC2(CCOCC2)C1. The molecule has 104 valence electrons. The minimum atomic E-state index is 0. The Labute approximate surface area is 115 Å². The third-order valence-corrected chi connectivity index (χ3v) is 4.71. The first-order chi connectivity index (χ1) is 8.29. The van der Waals surface area contributed by atoms with Gasteiger partial charge in [0, 0.05) is 32.8 Å². The average Bonchev–Trinajstić information content (AvgIpc) is 2.99. The Morgan fingerprint density at radius 1 is 1.28 bits per heavy atom. The van der Waals surface area contributed by atoms with Gasteiger partial charge in [-0.3, -0.25) is 4.79 Å². The van der Waals surface area contributed by atoms with E-state index in [1.54, 1.807) is 0 Å². The third kappa shape index (κ3) is 2.65. The van der Waals surface area contributed by atoms with Crippen molar-refractivity contribution in [1.82, 2.24) is 10.2 Å². The van der Waals surface area contributed by atoms with Crippen LogP contribution in [-0.2, 0) is 9.53 Å². The minimum Gasteiger partial charge on any atom is -0.381 e. The number of hydrogen-bond donors (Lipinski definition) is 1. The molecule has 4 nitrogen and oxygen atoms in total. The maximum absolute atomic E-state index is 12.3. The molecule has 0 aromatic rings. The molecule has 0 saturated carbocycles. The lowest BCUT2D eigenvalue weighted by molar-refractivity contribution is -0.134. The Morgan fingerprint density at radius 2 is 2.06 bits per heavy atom. The van der Waals surface area contributed by atoms with Crippen molar-refractivity contribution < 1.29 is 9.53 Å². The molecule has 0 radical (unpaired) electrons. The van der Waals surface area contributed by atoms with Crippen LogP contribution in [0, 0.1) is 11.3 Å². The van der Waals surface area contributed by atoms with Crippen LogP contribution < -0.4 is 5.32 Å². The van der Waals surface area contributed by atoms with Gasteiger partial charge in [-0.05, 0) is 37.6 Å². The number of nitrogens with zero attached hydrogens (tertiary/aromatic N) is 1. The van der Waals surface area contributed by atoms with Crippen molar-refractivity contribution in [1.29, 1.82) is 0 Å². The van der Waals surface area contributed by atoms with Crippen LogP contribution in [0.1, 0.15) is 25.7 Å². The summed E-state index contributed by atoms with van der Waals surface area (Å²) in [4.78, 5) is 14.4. The first kappa shape index (κ1) is 14.1. The molecular formula is C13H23ClN2O2. The highest BCUT2D eigenvalue weighted by Crippen LogP contribution is 2.40. The smallest absolute Gasteiger partial charge is 0.227 e. The highest BCUT2D eigenvalue weighted by Gasteiger charge is 2.42. The lowest BCUT2D eigenvalue weighted by atomic mass is 9.80. The Morgan fingerprint density at radius 3 is 2.72 bits per heavy atom. The highest BCUT2D eigenvalue weighted by molar-refractivity contribution is 5.85. The number of hydrogen-bond acceptors (Lipinski definition) is 3. The second-order valence-electron chi connectivity index (χ2n) is 5.81. The fourth-order valence-electron chi connectivity index (χ4n) is 3.46. The highest BCUT2D eigenvalue weighted by atomic mass is 35.5. The summed E-state index contributed by atoms with van der Waals surface area (Å²) in [6, 6.07) is 0. The molecule has 0 aliphatic carbocycles. The van der Waals surface area contributed by atoms with Crippen molar-refractivity contribution in [3.8, 4) is 0 Å². The van der Waals surface area contributed by atoms with Gasteiger partial charge in [0.05, 0.1) is 5.92 Å². The van der Waals surface area contributed by atoms with Gasteiger partial charge in [-0.1, -0.05) is 0 Å². The standard InChI is InChI=1S/C13H22N2O2.ClH/c16-12(11-1-5-14-9-11)15-6-2-13(10-15)3-7-17-8-4-13;/h11,14H,1-10H2;1H. The van der Waals surface area contributed by atoms with E-state index in [9.17, 15) is 4.79 Å². The van der Waals surface area contributed by atoms with E-state index in [2.05, 4.69) is 10.2 Å². The van der Waals surface area contributed by atoms with Crippen LogP contribution in [0.25, 0.3) is 0 Å². The lowest BCUT2D eigenvalue weighted by Crippen LogP contribution is -2.38. The van der Waals surface area contributed by atoms with Crippen LogP contribution in [0.15, 0.2) is 0 Å². The summed E-state index contributed by atoms with van der Waals surface area (Å²) in [6.07, 6.45) is 4.48. The zero-order chi connectivity index (χ0) is 11.7. The lowest BCUT2D eigenvalue weighted by Gasteiger charge is -2.33. The molecule has 0 aromatic heterocycles. The molecule has 1 atom stereocenters. The molecular weight excluding hydrogens is 252 g/mol. The van der Waals surface area contributed by atoms with Crippen molar-refractivity contribution in [3.63, 3.8) is 0 Å². The summed E-state index contributed by atoms with van der Waals surface area (Å²) in [5, 5.41) is 3.28. The van der Waals surface area contributed by atoms with Crippen molar-refractivity contribution in [3.05, 3.63) is 0 Å². The van der Waals surface area contributed by atoms with Crippen molar-refractivity contribution >= 4 is 18.3 Å². The number of amides is 1. The zero-order valence-electron chi connectivity index (χ0n) is 10.8. The summed E-state index contributed by atoms with van der Waals surface area (Å²) in [5.41, 5.74) is 0.389. The summed E-state index contributed by atoms with van der Waals surface area (Å²) in [6.45, 7) is 5.59. The van der Waals surface area contributed by atoms with Crippen molar-refractivity contribution in [2.45, 2.75) is 25.7 Å². The Hall–Kier alpha value is -0.320. The van der Waals surface area contributed by atoms with Crippen molar-refractivity contribution in [2.75, 3.05) is 39.4 Å². The molecule has 3 aliphatic rings.